The fraction of sp³-hybridized carbons (Fsp3) is 0.667. The fourth-order valence-electron chi connectivity index (χ4n) is 1.20. The molecule has 15 heavy (non-hydrogen) atoms. The van der Waals surface area contributed by atoms with E-state index >= 15 is 0 Å². The Morgan fingerprint density at radius 1 is 1.60 bits per heavy atom. The maximum atomic E-state index is 10.3. The predicted octanol–water partition coefficient (Wildman–Crippen LogP) is 1.90. The van der Waals surface area contributed by atoms with Gasteiger partial charge in [-0.1, -0.05) is 11.3 Å². The van der Waals surface area contributed by atoms with E-state index in [9.17, 15) is 4.79 Å². The normalized spacial score (nSPS) is 12.4. The van der Waals surface area contributed by atoms with Gasteiger partial charge in [-0.3, -0.25) is 4.79 Å². The van der Waals surface area contributed by atoms with E-state index < -0.39 is 5.97 Å². The molecule has 0 aromatic carbocycles. The first-order valence-electron chi connectivity index (χ1n) is 4.86. The van der Waals surface area contributed by atoms with Crippen LogP contribution >= 0.6 is 11.3 Å². The third-order valence-corrected chi connectivity index (χ3v) is 2.69. The molecule has 0 aliphatic carbocycles. The maximum Gasteiger partial charge on any atom is 0.303 e. The third kappa shape index (κ3) is 4.73. The zero-order valence-corrected chi connectivity index (χ0v) is 9.67. The van der Waals surface area contributed by atoms with Crippen LogP contribution in [0.15, 0.2) is 0 Å². The van der Waals surface area contributed by atoms with Crippen LogP contribution in [0.3, 0.4) is 0 Å². The molecule has 1 aromatic rings. The number of aromatic nitrogens is 2. The van der Waals surface area contributed by atoms with E-state index in [0.29, 0.717) is 6.42 Å². The Morgan fingerprint density at radius 2 is 2.33 bits per heavy atom. The van der Waals surface area contributed by atoms with E-state index in [0.717, 1.165) is 16.6 Å². The molecular formula is C9H15N3O2S. The standard InChI is InChI=1S/C9H15N3O2S/c1-6(4-3-5-8(13)14)10-9-12-11-7(2)15-9/h6H,3-5H2,1-2H3,(H,10,12)(H,13,14). The predicted molar refractivity (Wildman–Crippen MR) is 59.2 cm³/mol. The lowest BCUT2D eigenvalue weighted by molar-refractivity contribution is -0.137. The molecule has 0 amide bonds. The summed E-state index contributed by atoms with van der Waals surface area (Å²) in [5.41, 5.74) is 0. The first-order valence-corrected chi connectivity index (χ1v) is 5.68. The van der Waals surface area contributed by atoms with E-state index in [1.165, 1.54) is 11.3 Å². The van der Waals surface area contributed by atoms with Crippen molar-refractivity contribution in [3.63, 3.8) is 0 Å². The van der Waals surface area contributed by atoms with Gasteiger partial charge in [0.2, 0.25) is 5.13 Å². The molecule has 1 atom stereocenters. The lowest BCUT2D eigenvalue weighted by atomic mass is 10.1. The monoisotopic (exact) mass is 229 g/mol. The first kappa shape index (κ1) is 11.9. The Labute approximate surface area is 92.5 Å². The number of anilines is 1. The average molecular weight is 229 g/mol. The quantitative estimate of drug-likeness (QED) is 0.779. The van der Waals surface area contributed by atoms with E-state index in [1.54, 1.807) is 0 Å². The Balaban J connectivity index is 2.24. The van der Waals surface area contributed by atoms with Gasteiger partial charge >= 0.3 is 5.97 Å². The van der Waals surface area contributed by atoms with Gasteiger partial charge in [-0.25, -0.2) is 0 Å². The number of aryl methyl sites for hydroxylation is 1. The van der Waals surface area contributed by atoms with Crippen molar-refractivity contribution < 1.29 is 9.90 Å². The molecule has 0 radical (unpaired) electrons. The number of carbonyl (C=O) groups is 1. The second-order valence-corrected chi connectivity index (χ2v) is 4.64. The Hall–Kier alpha value is -1.17. The van der Waals surface area contributed by atoms with Crippen LogP contribution in [0, 0.1) is 6.92 Å². The maximum absolute atomic E-state index is 10.3. The van der Waals surface area contributed by atoms with Crippen LogP contribution in [-0.2, 0) is 4.79 Å². The van der Waals surface area contributed by atoms with Crippen LogP contribution < -0.4 is 5.32 Å². The third-order valence-electron chi connectivity index (χ3n) is 1.92. The van der Waals surface area contributed by atoms with Crippen molar-refractivity contribution in [1.82, 2.24) is 10.2 Å². The van der Waals surface area contributed by atoms with E-state index in [1.807, 2.05) is 13.8 Å². The van der Waals surface area contributed by atoms with Crippen LogP contribution in [0.5, 0.6) is 0 Å². The van der Waals surface area contributed by atoms with Crippen molar-refractivity contribution in [1.29, 1.82) is 0 Å². The van der Waals surface area contributed by atoms with Crippen molar-refractivity contribution in [2.24, 2.45) is 0 Å². The highest BCUT2D eigenvalue weighted by molar-refractivity contribution is 7.15. The molecule has 1 heterocycles. The molecule has 1 rings (SSSR count). The summed E-state index contributed by atoms with van der Waals surface area (Å²) >= 11 is 1.51. The first-order chi connectivity index (χ1) is 7.08. The van der Waals surface area contributed by atoms with Gasteiger partial charge in [0.05, 0.1) is 0 Å². The summed E-state index contributed by atoms with van der Waals surface area (Å²) in [6.07, 6.45) is 1.73. The van der Waals surface area contributed by atoms with Crippen molar-refractivity contribution in [2.45, 2.75) is 39.2 Å². The molecule has 0 saturated carbocycles. The molecule has 1 aromatic heterocycles. The topological polar surface area (TPSA) is 75.1 Å². The second kappa shape index (κ2) is 5.65. The molecule has 84 valence electrons. The minimum absolute atomic E-state index is 0.223. The summed E-state index contributed by atoms with van der Waals surface area (Å²) in [5.74, 6) is -0.742. The average Bonchev–Trinajstić information content (AvgIpc) is 2.50. The van der Waals surface area contributed by atoms with Crippen molar-refractivity contribution in [2.75, 3.05) is 5.32 Å². The highest BCUT2D eigenvalue weighted by Crippen LogP contribution is 2.16. The van der Waals surface area contributed by atoms with Gasteiger partial charge in [0, 0.05) is 12.5 Å². The number of nitrogens with one attached hydrogen (secondary N) is 1. The summed E-state index contributed by atoms with van der Waals surface area (Å²) in [6.45, 7) is 3.91. The zero-order valence-electron chi connectivity index (χ0n) is 8.86. The lowest BCUT2D eigenvalue weighted by Crippen LogP contribution is -2.15. The molecular weight excluding hydrogens is 214 g/mol. The lowest BCUT2D eigenvalue weighted by Gasteiger charge is -2.10. The SMILES string of the molecule is Cc1nnc(NC(C)CCCC(=O)O)s1. The fourth-order valence-corrected chi connectivity index (χ4v) is 1.90. The number of hydrogen-bond donors (Lipinski definition) is 2. The molecule has 1 unspecified atom stereocenters. The highest BCUT2D eigenvalue weighted by Gasteiger charge is 2.06. The molecule has 0 aliphatic heterocycles. The van der Waals surface area contributed by atoms with E-state index in [-0.39, 0.29) is 12.5 Å². The smallest absolute Gasteiger partial charge is 0.303 e. The Kier molecular flexibility index (Phi) is 4.48. The molecule has 0 aliphatic rings. The van der Waals surface area contributed by atoms with Gasteiger partial charge < -0.3 is 10.4 Å². The van der Waals surface area contributed by atoms with Crippen LogP contribution in [0.4, 0.5) is 5.13 Å². The minimum atomic E-state index is -0.742. The van der Waals surface area contributed by atoms with E-state index in [4.69, 9.17) is 5.11 Å². The Bertz CT molecular complexity index is 327. The molecule has 0 fully saturated rings. The van der Waals surface area contributed by atoms with Gasteiger partial charge in [0.25, 0.3) is 0 Å². The number of rotatable bonds is 6. The van der Waals surface area contributed by atoms with Gasteiger partial charge in [0.1, 0.15) is 5.01 Å². The summed E-state index contributed by atoms with van der Waals surface area (Å²) in [4.78, 5) is 10.3. The number of nitrogens with zero attached hydrogens (tertiary/aromatic N) is 2. The molecule has 0 bridgehead atoms. The summed E-state index contributed by atoms with van der Waals surface area (Å²) in [5, 5.41) is 21.2. The number of carboxylic acid groups (broad SMARTS) is 1. The number of carboxylic acids is 1. The molecule has 6 heteroatoms. The van der Waals surface area contributed by atoms with Gasteiger partial charge in [-0.05, 0) is 26.7 Å². The van der Waals surface area contributed by atoms with Crippen molar-refractivity contribution >= 4 is 22.4 Å². The van der Waals surface area contributed by atoms with Crippen LogP contribution in [0.1, 0.15) is 31.2 Å². The van der Waals surface area contributed by atoms with Crippen LogP contribution in [0.25, 0.3) is 0 Å². The second-order valence-electron chi connectivity index (χ2n) is 3.46. The van der Waals surface area contributed by atoms with Crippen LogP contribution in [-0.4, -0.2) is 27.3 Å². The van der Waals surface area contributed by atoms with E-state index in [2.05, 4.69) is 15.5 Å². The van der Waals surface area contributed by atoms with Crippen molar-refractivity contribution in [3.8, 4) is 0 Å². The molecule has 5 nitrogen and oxygen atoms in total. The number of hydrogen-bond acceptors (Lipinski definition) is 5. The van der Waals surface area contributed by atoms with Gasteiger partial charge in [-0.2, -0.15) is 0 Å². The highest BCUT2D eigenvalue weighted by atomic mass is 32.1. The largest absolute Gasteiger partial charge is 0.481 e. The van der Waals surface area contributed by atoms with Gasteiger partial charge in [-0.15, -0.1) is 10.2 Å². The number of aliphatic carboxylic acids is 1. The molecule has 2 N–H and O–H groups in total. The molecule has 0 saturated heterocycles. The van der Waals surface area contributed by atoms with Crippen LogP contribution in [0.2, 0.25) is 0 Å². The summed E-state index contributed by atoms with van der Waals surface area (Å²) in [6, 6.07) is 0.233. The molecule has 0 spiro atoms. The van der Waals surface area contributed by atoms with Crippen molar-refractivity contribution in [3.05, 3.63) is 5.01 Å². The Morgan fingerprint density at radius 3 is 2.87 bits per heavy atom. The van der Waals surface area contributed by atoms with Gasteiger partial charge in [0.15, 0.2) is 0 Å². The summed E-state index contributed by atoms with van der Waals surface area (Å²) in [7, 11) is 0. The zero-order chi connectivity index (χ0) is 11.3. The summed E-state index contributed by atoms with van der Waals surface area (Å²) < 4.78 is 0. The minimum Gasteiger partial charge on any atom is -0.481 e.